The Morgan fingerprint density at radius 3 is 2.56 bits per heavy atom. The zero-order valence-corrected chi connectivity index (χ0v) is 12.5. The number of aromatic nitrogens is 2. The number of anilines is 1. The molecule has 0 aliphatic heterocycles. The van der Waals surface area contributed by atoms with Gasteiger partial charge < -0.3 is 11.1 Å². The molecule has 5 nitrogen and oxygen atoms in total. The molecule has 0 aliphatic carbocycles. The van der Waals surface area contributed by atoms with Gasteiger partial charge in [0.2, 0.25) is 5.91 Å². The quantitative estimate of drug-likeness (QED) is 0.849. The summed E-state index contributed by atoms with van der Waals surface area (Å²) in [6.07, 6.45) is 0. The molecule has 1 heterocycles. The van der Waals surface area contributed by atoms with Gasteiger partial charge in [0.1, 0.15) is 0 Å². The highest BCUT2D eigenvalue weighted by Gasteiger charge is 2.14. The van der Waals surface area contributed by atoms with Crippen LogP contribution >= 0.6 is 11.8 Å². The maximum absolute atomic E-state index is 11.8. The summed E-state index contributed by atoms with van der Waals surface area (Å²) in [5.74, 6) is 1.16. The van der Waals surface area contributed by atoms with Gasteiger partial charge in [-0.2, -0.15) is 16.9 Å². The summed E-state index contributed by atoms with van der Waals surface area (Å²) in [4.78, 5) is 11.8. The minimum absolute atomic E-state index is 0.0107. The summed E-state index contributed by atoms with van der Waals surface area (Å²) < 4.78 is 1.76. The van der Waals surface area contributed by atoms with Crippen molar-refractivity contribution in [3.05, 3.63) is 11.4 Å². The molecule has 6 heteroatoms. The average molecular weight is 270 g/mol. The van der Waals surface area contributed by atoms with Crippen LogP contribution in [-0.4, -0.2) is 32.7 Å². The molecular weight excluding hydrogens is 248 g/mol. The van der Waals surface area contributed by atoms with E-state index in [0.717, 1.165) is 22.8 Å². The van der Waals surface area contributed by atoms with E-state index in [-0.39, 0.29) is 11.4 Å². The molecule has 0 aromatic carbocycles. The number of nitrogens with two attached hydrogens (primary N) is 1. The van der Waals surface area contributed by atoms with E-state index in [9.17, 15) is 4.79 Å². The van der Waals surface area contributed by atoms with E-state index in [1.165, 1.54) is 0 Å². The molecule has 0 saturated heterocycles. The standard InChI is InChI=1S/C12H22N4OS/c1-8-11(9(2)16(5)15-8)14-10(17)6-18-7-12(3,4)13/h6-7,13H2,1-5H3,(H,14,17). The van der Waals surface area contributed by atoms with Gasteiger partial charge in [0.25, 0.3) is 0 Å². The third-order valence-corrected chi connectivity index (χ3v) is 3.90. The Kier molecular flexibility index (Phi) is 4.81. The molecule has 0 bridgehead atoms. The van der Waals surface area contributed by atoms with Gasteiger partial charge in [0, 0.05) is 18.3 Å². The van der Waals surface area contributed by atoms with Crippen LogP contribution in [0.15, 0.2) is 0 Å². The van der Waals surface area contributed by atoms with Crippen molar-refractivity contribution in [1.29, 1.82) is 0 Å². The lowest BCUT2D eigenvalue weighted by atomic mass is 10.1. The molecule has 0 aliphatic rings. The van der Waals surface area contributed by atoms with Crippen LogP contribution in [0.3, 0.4) is 0 Å². The van der Waals surface area contributed by atoms with Crippen LogP contribution in [-0.2, 0) is 11.8 Å². The molecular formula is C12H22N4OS. The molecule has 0 saturated carbocycles. The first-order chi connectivity index (χ1) is 8.20. The second kappa shape index (κ2) is 5.75. The maximum atomic E-state index is 11.8. The number of nitrogens with zero attached hydrogens (tertiary/aromatic N) is 2. The molecule has 0 fully saturated rings. The van der Waals surface area contributed by atoms with Crippen molar-refractivity contribution < 1.29 is 4.79 Å². The van der Waals surface area contributed by atoms with Crippen molar-refractivity contribution in [3.8, 4) is 0 Å². The maximum Gasteiger partial charge on any atom is 0.234 e. The summed E-state index contributed by atoms with van der Waals surface area (Å²) in [6, 6.07) is 0. The lowest BCUT2D eigenvalue weighted by molar-refractivity contribution is -0.113. The summed E-state index contributed by atoms with van der Waals surface area (Å²) in [5, 5.41) is 7.16. The average Bonchev–Trinajstić information content (AvgIpc) is 2.43. The van der Waals surface area contributed by atoms with Gasteiger partial charge in [0.05, 0.1) is 22.8 Å². The first kappa shape index (κ1) is 15.0. The van der Waals surface area contributed by atoms with Gasteiger partial charge in [-0.15, -0.1) is 0 Å². The number of thioether (sulfide) groups is 1. The molecule has 1 aromatic heterocycles. The van der Waals surface area contributed by atoms with Gasteiger partial charge in [-0.3, -0.25) is 9.48 Å². The first-order valence-corrected chi connectivity index (χ1v) is 7.03. The van der Waals surface area contributed by atoms with Gasteiger partial charge in [0.15, 0.2) is 0 Å². The Hall–Kier alpha value is -1.01. The summed E-state index contributed by atoms with van der Waals surface area (Å²) >= 11 is 1.54. The van der Waals surface area contributed by atoms with Crippen LogP contribution in [0.5, 0.6) is 0 Å². The normalized spacial score (nSPS) is 11.7. The fourth-order valence-corrected chi connectivity index (χ4v) is 2.42. The van der Waals surface area contributed by atoms with Crippen LogP contribution in [0, 0.1) is 13.8 Å². The van der Waals surface area contributed by atoms with Crippen LogP contribution in [0.1, 0.15) is 25.2 Å². The van der Waals surface area contributed by atoms with Gasteiger partial charge >= 0.3 is 0 Å². The number of aryl methyl sites for hydroxylation is 2. The molecule has 0 spiro atoms. The Labute approximate surface area is 112 Å². The second-order valence-electron chi connectivity index (χ2n) is 5.20. The Bertz CT molecular complexity index is 434. The summed E-state index contributed by atoms with van der Waals surface area (Å²) in [6.45, 7) is 7.73. The van der Waals surface area contributed by atoms with Gasteiger partial charge in [-0.05, 0) is 27.7 Å². The zero-order chi connectivity index (χ0) is 13.9. The van der Waals surface area contributed by atoms with E-state index in [0.29, 0.717) is 5.75 Å². The molecule has 1 aromatic rings. The molecule has 1 amide bonds. The van der Waals surface area contributed by atoms with E-state index in [4.69, 9.17) is 5.73 Å². The minimum atomic E-state index is -0.245. The predicted octanol–water partition coefficient (Wildman–Crippen LogP) is 1.45. The minimum Gasteiger partial charge on any atom is -0.325 e. The number of hydrogen-bond acceptors (Lipinski definition) is 4. The Morgan fingerprint density at radius 2 is 2.11 bits per heavy atom. The molecule has 18 heavy (non-hydrogen) atoms. The van der Waals surface area contributed by atoms with Crippen LogP contribution in [0.4, 0.5) is 5.69 Å². The lowest BCUT2D eigenvalue weighted by Crippen LogP contribution is -2.35. The lowest BCUT2D eigenvalue weighted by Gasteiger charge is -2.17. The molecule has 1 rings (SSSR count). The topological polar surface area (TPSA) is 72.9 Å². The molecule has 0 radical (unpaired) electrons. The van der Waals surface area contributed by atoms with Crippen LogP contribution < -0.4 is 11.1 Å². The third-order valence-electron chi connectivity index (χ3n) is 2.48. The van der Waals surface area contributed by atoms with Crippen molar-refractivity contribution in [2.45, 2.75) is 33.2 Å². The van der Waals surface area contributed by atoms with E-state index in [1.54, 1.807) is 16.4 Å². The fourth-order valence-electron chi connectivity index (χ4n) is 1.54. The molecule has 3 N–H and O–H groups in total. The Balaban J connectivity index is 2.50. The smallest absolute Gasteiger partial charge is 0.234 e. The third kappa shape index (κ3) is 4.34. The number of carbonyl (C=O) groups excluding carboxylic acids is 1. The number of carbonyl (C=O) groups is 1. The molecule has 102 valence electrons. The second-order valence-corrected chi connectivity index (χ2v) is 6.18. The SMILES string of the molecule is Cc1nn(C)c(C)c1NC(=O)CSCC(C)(C)N. The monoisotopic (exact) mass is 270 g/mol. The van der Waals surface area contributed by atoms with E-state index in [1.807, 2.05) is 34.7 Å². The zero-order valence-electron chi connectivity index (χ0n) is 11.7. The van der Waals surface area contributed by atoms with Crippen LogP contribution in [0.25, 0.3) is 0 Å². The van der Waals surface area contributed by atoms with Crippen molar-refractivity contribution in [1.82, 2.24) is 9.78 Å². The largest absolute Gasteiger partial charge is 0.325 e. The Morgan fingerprint density at radius 1 is 1.50 bits per heavy atom. The van der Waals surface area contributed by atoms with Crippen molar-refractivity contribution in [3.63, 3.8) is 0 Å². The van der Waals surface area contributed by atoms with E-state index < -0.39 is 0 Å². The number of nitrogens with one attached hydrogen (secondary N) is 1. The van der Waals surface area contributed by atoms with E-state index in [2.05, 4.69) is 10.4 Å². The number of hydrogen-bond donors (Lipinski definition) is 2. The summed E-state index contributed by atoms with van der Waals surface area (Å²) in [5.41, 5.74) is 8.23. The number of rotatable bonds is 5. The molecule has 0 atom stereocenters. The summed E-state index contributed by atoms with van der Waals surface area (Å²) in [7, 11) is 1.86. The van der Waals surface area contributed by atoms with Crippen molar-refractivity contribution >= 4 is 23.4 Å². The molecule has 0 unspecified atom stereocenters. The highest BCUT2D eigenvalue weighted by molar-refractivity contribution is 8.00. The van der Waals surface area contributed by atoms with E-state index >= 15 is 0 Å². The predicted molar refractivity (Wildman–Crippen MR) is 76.9 cm³/mol. The number of amides is 1. The van der Waals surface area contributed by atoms with Crippen molar-refractivity contribution in [2.75, 3.05) is 16.8 Å². The van der Waals surface area contributed by atoms with Crippen LogP contribution in [0.2, 0.25) is 0 Å². The highest BCUT2D eigenvalue weighted by Crippen LogP contribution is 2.19. The fraction of sp³-hybridized carbons (Fsp3) is 0.667. The first-order valence-electron chi connectivity index (χ1n) is 5.87. The van der Waals surface area contributed by atoms with Gasteiger partial charge in [-0.1, -0.05) is 0 Å². The van der Waals surface area contributed by atoms with Crippen molar-refractivity contribution in [2.24, 2.45) is 12.8 Å². The highest BCUT2D eigenvalue weighted by atomic mass is 32.2. The van der Waals surface area contributed by atoms with Gasteiger partial charge in [-0.25, -0.2) is 0 Å².